The maximum atomic E-state index is 5.92. The first-order valence-electron chi connectivity index (χ1n) is 11.3. The van der Waals surface area contributed by atoms with Crippen molar-refractivity contribution in [3.8, 4) is 11.5 Å². The molecule has 2 aromatic rings. The molecule has 0 aliphatic carbocycles. The Morgan fingerprint density at radius 3 is 2.84 bits per heavy atom. The molecule has 0 saturated carbocycles. The molecule has 8 heteroatoms. The van der Waals surface area contributed by atoms with Crippen LogP contribution in [0.1, 0.15) is 69.8 Å². The first kappa shape index (κ1) is 22.9. The molecule has 1 unspecified atom stereocenters. The number of benzene rings is 1. The smallest absolute Gasteiger partial charge is 0.226 e. The van der Waals surface area contributed by atoms with Crippen molar-refractivity contribution in [2.24, 2.45) is 4.99 Å². The maximum absolute atomic E-state index is 5.92. The molecule has 0 amide bonds. The number of fused-ring (bicyclic) bond motifs is 1. The lowest BCUT2D eigenvalue weighted by molar-refractivity contribution is 0.254. The monoisotopic (exact) mass is 429 g/mol. The third kappa shape index (κ3) is 6.35. The van der Waals surface area contributed by atoms with E-state index in [1.54, 1.807) is 0 Å². The molecule has 2 N–H and O–H groups in total. The fraction of sp³-hybridized carbons (Fsp3) is 0.609. The second-order valence-corrected chi connectivity index (χ2v) is 8.06. The number of aryl methyl sites for hydroxylation is 1. The number of hydrogen-bond acceptors (Lipinski definition) is 6. The average Bonchev–Trinajstić information content (AvgIpc) is 3.35. The predicted octanol–water partition coefficient (Wildman–Crippen LogP) is 3.60. The van der Waals surface area contributed by atoms with Gasteiger partial charge in [-0.05, 0) is 39.3 Å². The highest BCUT2D eigenvalue weighted by Crippen LogP contribution is 2.35. The van der Waals surface area contributed by atoms with Crippen molar-refractivity contribution in [3.63, 3.8) is 0 Å². The van der Waals surface area contributed by atoms with E-state index in [-0.39, 0.29) is 12.0 Å². The third-order valence-corrected chi connectivity index (χ3v) is 4.99. The summed E-state index contributed by atoms with van der Waals surface area (Å²) in [7, 11) is 0. The summed E-state index contributed by atoms with van der Waals surface area (Å²) in [6.45, 7) is 12.9. The third-order valence-electron chi connectivity index (χ3n) is 4.99. The van der Waals surface area contributed by atoms with Gasteiger partial charge < -0.3 is 24.6 Å². The fourth-order valence-electron chi connectivity index (χ4n) is 3.45. The van der Waals surface area contributed by atoms with Gasteiger partial charge in [-0.15, -0.1) is 0 Å². The van der Waals surface area contributed by atoms with Gasteiger partial charge in [-0.2, -0.15) is 4.98 Å². The van der Waals surface area contributed by atoms with Crippen molar-refractivity contribution in [2.75, 3.05) is 19.7 Å². The Hall–Kier alpha value is -2.77. The molecular weight excluding hydrogens is 394 g/mol. The van der Waals surface area contributed by atoms with Crippen LogP contribution >= 0.6 is 0 Å². The number of nitrogens with zero attached hydrogens (tertiary/aromatic N) is 3. The minimum Gasteiger partial charge on any atom is -0.494 e. The van der Waals surface area contributed by atoms with Gasteiger partial charge in [-0.25, -0.2) is 4.99 Å². The van der Waals surface area contributed by atoms with Crippen molar-refractivity contribution >= 4 is 5.96 Å². The SMILES string of the molecule is CCNC(=NCc1cc2c(cc1OCC)CC(C)O2)NCCCc1nc(C(C)C)no1. The van der Waals surface area contributed by atoms with Gasteiger partial charge in [0, 0.05) is 43.0 Å². The van der Waals surface area contributed by atoms with Crippen molar-refractivity contribution in [1.29, 1.82) is 0 Å². The van der Waals surface area contributed by atoms with Gasteiger partial charge in [0.2, 0.25) is 5.89 Å². The predicted molar refractivity (Wildman–Crippen MR) is 121 cm³/mol. The molecule has 8 nitrogen and oxygen atoms in total. The molecule has 0 saturated heterocycles. The van der Waals surface area contributed by atoms with Crippen LogP contribution in [0.3, 0.4) is 0 Å². The molecule has 170 valence electrons. The standard InChI is InChI=1S/C23H35N5O3/c1-6-24-23(25-10-8-9-21-27-22(15(3)4)28-31-21)26-14-18-13-20-17(11-16(5)30-20)12-19(18)29-7-2/h12-13,15-16H,6-11,14H2,1-5H3,(H2,24,25,26). The van der Waals surface area contributed by atoms with E-state index in [9.17, 15) is 0 Å². The Morgan fingerprint density at radius 2 is 2.13 bits per heavy atom. The average molecular weight is 430 g/mol. The van der Waals surface area contributed by atoms with Crippen LogP contribution < -0.4 is 20.1 Å². The molecule has 0 bridgehead atoms. The van der Waals surface area contributed by atoms with Gasteiger partial charge in [0.25, 0.3) is 0 Å². The van der Waals surface area contributed by atoms with E-state index in [2.05, 4.69) is 60.6 Å². The van der Waals surface area contributed by atoms with Crippen molar-refractivity contribution < 1.29 is 14.0 Å². The summed E-state index contributed by atoms with van der Waals surface area (Å²) in [6, 6.07) is 4.17. The second-order valence-electron chi connectivity index (χ2n) is 8.06. The zero-order valence-electron chi connectivity index (χ0n) is 19.3. The summed E-state index contributed by atoms with van der Waals surface area (Å²) >= 11 is 0. The van der Waals surface area contributed by atoms with Gasteiger partial charge in [0.1, 0.15) is 17.6 Å². The quantitative estimate of drug-likeness (QED) is 0.338. The molecule has 1 aliphatic rings. The summed E-state index contributed by atoms with van der Waals surface area (Å²) in [5.41, 5.74) is 2.23. The lowest BCUT2D eigenvalue weighted by Gasteiger charge is -2.13. The first-order chi connectivity index (χ1) is 15.0. The van der Waals surface area contributed by atoms with Gasteiger partial charge in [0.15, 0.2) is 11.8 Å². The second kappa shape index (κ2) is 11.0. The molecule has 1 aromatic carbocycles. The van der Waals surface area contributed by atoms with Crippen molar-refractivity contribution in [2.45, 2.75) is 72.4 Å². The topological polar surface area (TPSA) is 93.8 Å². The number of ether oxygens (including phenoxy) is 2. The summed E-state index contributed by atoms with van der Waals surface area (Å²) in [5, 5.41) is 10.7. The van der Waals surface area contributed by atoms with Gasteiger partial charge >= 0.3 is 0 Å². The first-order valence-corrected chi connectivity index (χ1v) is 11.3. The van der Waals surface area contributed by atoms with Crippen LogP contribution in [0.2, 0.25) is 0 Å². The molecule has 0 fully saturated rings. The van der Waals surface area contributed by atoms with E-state index in [0.29, 0.717) is 19.0 Å². The largest absolute Gasteiger partial charge is 0.494 e. The molecule has 0 spiro atoms. The van der Waals surface area contributed by atoms with Crippen LogP contribution in [0.15, 0.2) is 21.6 Å². The number of guanidine groups is 1. The van der Waals surface area contributed by atoms with E-state index in [1.165, 1.54) is 5.56 Å². The van der Waals surface area contributed by atoms with E-state index in [0.717, 1.165) is 61.2 Å². The lowest BCUT2D eigenvalue weighted by atomic mass is 10.1. The summed E-state index contributed by atoms with van der Waals surface area (Å²) in [4.78, 5) is 9.17. The normalized spacial score (nSPS) is 15.7. The van der Waals surface area contributed by atoms with E-state index < -0.39 is 0 Å². The Bertz CT molecular complexity index is 878. The Labute approximate surface area is 184 Å². The maximum Gasteiger partial charge on any atom is 0.226 e. The molecular formula is C23H35N5O3. The van der Waals surface area contributed by atoms with Crippen LogP contribution in [-0.2, 0) is 19.4 Å². The summed E-state index contributed by atoms with van der Waals surface area (Å²) < 4.78 is 17.1. The Morgan fingerprint density at radius 1 is 1.29 bits per heavy atom. The van der Waals surface area contributed by atoms with Gasteiger partial charge in [0.05, 0.1) is 13.2 Å². The molecule has 3 rings (SSSR count). The minimum atomic E-state index is 0.206. The van der Waals surface area contributed by atoms with Crippen LogP contribution in [0, 0.1) is 0 Å². The van der Waals surface area contributed by atoms with Crippen molar-refractivity contribution in [1.82, 2.24) is 20.8 Å². The Balaban J connectivity index is 1.58. The molecule has 1 aliphatic heterocycles. The van der Waals surface area contributed by atoms with Crippen LogP contribution in [0.25, 0.3) is 0 Å². The van der Waals surface area contributed by atoms with Crippen LogP contribution in [-0.4, -0.2) is 41.9 Å². The number of rotatable bonds is 10. The summed E-state index contributed by atoms with van der Waals surface area (Å²) in [6.07, 6.45) is 2.74. The van der Waals surface area contributed by atoms with E-state index >= 15 is 0 Å². The number of hydrogen-bond donors (Lipinski definition) is 2. The Kier molecular flexibility index (Phi) is 8.14. The molecule has 0 radical (unpaired) electrons. The molecule has 1 aromatic heterocycles. The number of nitrogens with one attached hydrogen (secondary N) is 2. The lowest BCUT2D eigenvalue weighted by Crippen LogP contribution is -2.37. The van der Waals surface area contributed by atoms with E-state index in [1.807, 2.05) is 6.92 Å². The zero-order valence-corrected chi connectivity index (χ0v) is 19.3. The highest BCUT2D eigenvalue weighted by Gasteiger charge is 2.21. The van der Waals surface area contributed by atoms with Gasteiger partial charge in [-0.3, -0.25) is 0 Å². The van der Waals surface area contributed by atoms with E-state index in [4.69, 9.17) is 19.0 Å². The van der Waals surface area contributed by atoms with Crippen LogP contribution in [0.4, 0.5) is 0 Å². The molecule has 31 heavy (non-hydrogen) atoms. The molecule has 2 heterocycles. The van der Waals surface area contributed by atoms with Crippen LogP contribution in [0.5, 0.6) is 11.5 Å². The zero-order chi connectivity index (χ0) is 22.2. The van der Waals surface area contributed by atoms with Gasteiger partial charge in [-0.1, -0.05) is 19.0 Å². The minimum absolute atomic E-state index is 0.206. The van der Waals surface area contributed by atoms with Crippen molar-refractivity contribution in [3.05, 3.63) is 35.0 Å². The number of aliphatic imine (C=N–C) groups is 1. The number of aromatic nitrogens is 2. The fourth-order valence-corrected chi connectivity index (χ4v) is 3.45. The summed E-state index contributed by atoms with van der Waals surface area (Å²) in [5.74, 6) is 4.32. The molecule has 1 atom stereocenters. The highest BCUT2D eigenvalue weighted by atomic mass is 16.5. The highest BCUT2D eigenvalue weighted by molar-refractivity contribution is 5.79.